The van der Waals surface area contributed by atoms with E-state index < -0.39 is 0 Å². The van der Waals surface area contributed by atoms with Gasteiger partial charge in [-0.1, -0.05) is 62.4 Å². The number of methoxy groups -OCH3 is 1. The molecule has 122 valence electrons. The van der Waals surface area contributed by atoms with Crippen LogP contribution in [-0.2, 0) is 4.74 Å². The predicted octanol–water partition coefficient (Wildman–Crippen LogP) is 5.68. The zero-order valence-electron chi connectivity index (χ0n) is 14.6. The first-order chi connectivity index (χ1) is 11.5. The maximum absolute atomic E-state index is 12.6. The maximum atomic E-state index is 12.6. The molecule has 0 unspecified atom stereocenters. The monoisotopic (exact) mass is 318 g/mol. The van der Waals surface area contributed by atoms with E-state index in [2.05, 4.69) is 63.2 Å². The molecule has 1 aromatic carbocycles. The molecule has 0 radical (unpaired) electrons. The number of ether oxygens (including phenoxy) is 1. The highest BCUT2D eigenvalue weighted by Gasteiger charge is 2.24. The minimum Gasteiger partial charge on any atom is -0.465 e. The molecule has 2 aliphatic rings. The van der Waals surface area contributed by atoms with Crippen molar-refractivity contribution in [2.24, 2.45) is 0 Å². The van der Waals surface area contributed by atoms with Crippen molar-refractivity contribution in [1.82, 2.24) is 0 Å². The van der Waals surface area contributed by atoms with Crippen molar-refractivity contribution in [2.75, 3.05) is 7.11 Å². The lowest BCUT2D eigenvalue weighted by Crippen LogP contribution is -2.03. The van der Waals surface area contributed by atoms with Crippen molar-refractivity contribution in [3.63, 3.8) is 0 Å². The molecular formula is C22H22O2. The predicted molar refractivity (Wildman–Crippen MR) is 98.7 cm³/mol. The van der Waals surface area contributed by atoms with Crippen LogP contribution in [0.3, 0.4) is 0 Å². The molecule has 0 saturated heterocycles. The molecule has 2 aliphatic carbocycles. The van der Waals surface area contributed by atoms with Crippen molar-refractivity contribution in [3.8, 4) is 22.3 Å². The summed E-state index contributed by atoms with van der Waals surface area (Å²) < 4.78 is 5.10. The number of aryl methyl sites for hydroxylation is 1. The quantitative estimate of drug-likeness (QED) is 0.581. The van der Waals surface area contributed by atoms with Crippen LogP contribution in [0.25, 0.3) is 22.3 Å². The number of hydrogen-bond donors (Lipinski definition) is 0. The van der Waals surface area contributed by atoms with Gasteiger partial charge in [-0.2, -0.15) is 0 Å². The van der Waals surface area contributed by atoms with Crippen molar-refractivity contribution in [2.45, 2.75) is 26.7 Å². The summed E-state index contributed by atoms with van der Waals surface area (Å²) in [5.41, 5.74) is 7.02. The van der Waals surface area contributed by atoms with Gasteiger partial charge in [0.05, 0.1) is 12.7 Å². The zero-order chi connectivity index (χ0) is 17.3. The van der Waals surface area contributed by atoms with Crippen LogP contribution in [0, 0.1) is 6.92 Å². The summed E-state index contributed by atoms with van der Waals surface area (Å²) in [6, 6.07) is 18.6. The van der Waals surface area contributed by atoms with Crippen LogP contribution in [0.15, 0.2) is 54.6 Å². The summed E-state index contributed by atoms with van der Waals surface area (Å²) in [6.07, 6.45) is 0. The Morgan fingerprint density at radius 3 is 2.33 bits per heavy atom. The van der Waals surface area contributed by atoms with Gasteiger partial charge in [0.15, 0.2) is 0 Å². The molecule has 2 heteroatoms. The lowest BCUT2D eigenvalue weighted by atomic mass is 9.97. The SMILES string of the molecule is COC(=O)c1c2cc(C(C)C)cccc-2cc1-c1ccccc1C. The summed E-state index contributed by atoms with van der Waals surface area (Å²) in [5.74, 6) is 0.104. The molecule has 0 saturated carbocycles. The van der Waals surface area contributed by atoms with E-state index in [1.807, 2.05) is 12.1 Å². The number of benzene rings is 1. The summed E-state index contributed by atoms with van der Waals surface area (Å²) in [4.78, 5) is 12.6. The van der Waals surface area contributed by atoms with E-state index in [0.29, 0.717) is 11.5 Å². The summed E-state index contributed by atoms with van der Waals surface area (Å²) >= 11 is 0. The second-order valence-corrected chi connectivity index (χ2v) is 6.43. The van der Waals surface area contributed by atoms with Crippen LogP contribution in [-0.4, -0.2) is 13.1 Å². The number of hydrogen-bond acceptors (Lipinski definition) is 2. The molecule has 0 spiro atoms. The van der Waals surface area contributed by atoms with Crippen LogP contribution < -0.4 is 0 Å². The molecular weight excluding hydrogens is 296 g/mol. The van der Waals surface area contributed by atoms with Crippen molar-refractivity contribution < 1.29 is 9.53 Å². The third-order valence-electron chi connectivity index (χ3n) is 4.52. The Labute approximate surface area is 143 Å². The first kappa shape index (κ1) is 16.3. The van der Waals surface area contributed by atoms with Crippen molar-refractivity contribution >= 4 is 5.97 Å². The molecule has 0 fully saturated rings. The molecule has 0 aliphatic heterocycles. The number of rotatable bonds is 3. The highest BCUT2D eigenvalue weighted by Crippen LogP contribution is 2.40. The Hall–Kier alpha value is -2.61. The molecule has 0 bridgehead atoms. The summed E-state index contributed by atoms with van der Waals surface area (Å²) in [5, 5.41) is 0. The van der Waals surface area contributed by atoms with E-state index in [4.69, 9.17) is 4.74 Å². The molecule has 1 aromatic rings. The molecule has 0 atom stereocenters. The van der Waals surface area contributed by atoms with E-state index in [-0.39, 0.29) is 5.97 Å². The van der Waals surface area contributed by atoms with E-state index in [1.165, 1.54) is 12.7 Å². The lowest BCUT2D eigenvalue weighted by molar-refractivity contribution is 0.0603. The van der Waals surface area contributed by atoms with Crippen LogP contribution in [0.1, 0.15) is 41.3 Å². The van der Waals surface area contributed by atoms with E-state index >= 15 is 0 Å². The van der Waals surface area contributed by atoms with Gasteiger partial charge < -0.3 is 4.74 Å². The lowest BCUT2D eigenvalue weighted by Gasteiger charge is -2.08. The van der Waals surface area contributed by atoms with Gasteiger partial charge in [0.25, 0.3) is 0 Å². The Morgan fingerprint density at radius 1 is 0.917 bits per heavy atom. The zero-order valence-corrected chi connectivity index (χ0v) is 14.6. The number of carbonyl (C=O) groups excluding carboxylic acids is 1. The average molecular weight is 318 g/mol. The summed E-state index contributed by atoms with van der Waals surface area (Å²) in [6.45, 7) is 6.38. The number of fused-ring (bicyclic) bond motifs is 1. The second-order valence-electron chi connectivity index (χ2n) is 6.43. The Morgan fingerprint density at radius 2 is 1.67 bits per heavy atom. The Kier molecular flexibility index (Phi) is 4.39. The largest absolute Gasteiger partial charge is 0.465 e. The Bertz CT molecular complexity index is 862. The second kappa shape index (κ2) is 6.48. The van der Waals surface area contributed by atoms with Gasteiger partial charge in [-0.15, -0.1) is 0 Å². The van der Waals surface area contributed by atoms with Crippen LogP contribution in [0.5, 0.6) is 0 Å². The van der Waals surface area contributed by atoms with Gasteiger partial charge in [-0.3, -0.25) is 0 Å². The maximum Gasteiger partial charge on any atom is 0.339 e. The Balaban J connectivity index is 2.35. The van der Waals surface area contributed by atoms with Crippen LogP contribution in [0.2, 0.25) is 0 Å². The first-order valence-electron chi connectivity index (χ1n) is 8.24. The molecule has 0 aromatic heterocycles. The van der Waals surface area contributed by atoms with Gasteiger partial charge in [0.2, 0.25) is 0 Å². The standard InChI is InChI=1S/C22H22O2/c1-14(2)16-9-7-10-17-13-20(18-11-6-5-8-15(18)3)21(19(17)12-16)22(23)24-4/h5-14H,1-4H3. The molecule has 2 nitrogen and oxygen atoms in total. The number of carbonyl (C=O) groups is 1. The highest BCUT2D eigenvalue weighted by molar-refractivity contribution is 6.07. The van der Waals surface area contributed by atoms with E-state index in [9.17, 15) is 4.79 Å². The normalized spacial score (nSPS) is 11.0. The van der Waals surface area contributed by atoms with Gasteiger partial charge in [0.1, 0.15) is 0 Å². The molecule has 0 heterocycles. The van der Waals surface area contributed by atoms with E-state index in [0.717, 1.165) is 27.8 Å². The van der Waals surface area contributed by atoms with Crippen LogP contribution >= 0.6 is 0 Å². The highest BCUT2D eigenvalue weighted by atomic mass is 16.5. The third kappa shape index (κ3) is 2.80. The fourth-order valence-corrected chi connectivity index (χ4v) is 3.13. The molecule has 0 N–H and O–H groups in total. The topological polar surface area (TPSA) is 26.3 Å². The smallest absolute Gasteiger partial charge is 0.339 e. The van der Waals surface area contributed by atoms with Crippen molar-refractivity contribution in [1.29, 1.82) is 0 Å². The first-order valence-corrected chi connectivity index (χ1v) is 8.24. The van der Waals surface area contributed by atoms with Gasteiger partial charge in [-0.25, -0.2) is 4.79 Å². The fraction of sp³-hybridized carbons (Fsp3) is 0.227. The van der Waals surface area contributed by atoms with Crippen molar-refractivity contribution in [3.05, 3.63) is 71.3 Å². The van der Waals surface area contributed by atoms with Gasteiger partial charge in [0, 0.05) is 0 Å². The fourth-order valence-electron chi connectivity index (χ4n) is 3.13. The molecule has 3 rings (SSSR count). The minimum absolute atomic E-state index is 0.288. The van der Waals surface area contributed by atoms with Crippen LogP contribution in [0.4, 0.5) is 0 Å². The molecule has 0 amide bonds. The number of esters is 1. The minimum atomic E-state index is -0.288. The van der Waals surface area contributed by atoms with Gasteiger partial charge in [-0.05, 0) is 52.3 Å². The third-order valence-corrected chi connectivity index (χ3v) is 4.52. The molecule has 24 heavy (non-hydrogen) atoms. The van der Waals surface area contributed by atoms with E-state index in [1.54, 1.807) is 0 Å². The van der Waals surface area contributed by atoms with Gasteiger partial charge >= 0.3 is 5.97 Å². The summed E-state index contributed by atoms with van der Waals surface area (Å²) in [7, 11) is 1.44. The average Bonchev–Trinajstić information content (AvgIpc) is 2.78.